The topological polar surface area (TPSA) is 30.3 Å². The van der Waals surface area contributed by atoms with Crippen molar-refractivity contribution in [3.63, 3.8) is 0 Å². The Bertz CT molecular complexity index is 117. The second-order valence-corrected chi connectivity index (χ2v) is 3.57. The number of hydrogen-bond acceptors (Lipinski definition) is 1. The standard InChI is InChI=1S/C8H16N2O/c1-2-9-7-8(1)10-3-5-11-6-4-10/h8-9H,1-7H2/p+2/t8-/m0/s1. The summed E-state index contributed by atoms with van der Waals surface area (Å²) in [5, 5.41) is 2.44. The van der Waals surface area contributed by atoms with E-state index < -0.39 is 0 Å². The Hall–Kier alpha value is -0.120. The summed E-state index contributed by atoms with van der Waals surface area (Å²) in [6, 6.07) is 0.930. The second kappa shape index (κ2) is 3.52. The van der Waals surface area contributed by atoms with Crippen molar-refractivity contribution in [1.82, 2.24) is 0 Å². The predicted molar refractivity (Wildman–Crippen MR) is 41.6 cm³/mol. The van der Waals surface area contributed by atoms with Crippen LogP contribution in [0.4, 0.5) is 0 Å². The van der Waals surface area contributed by atoms with Crippen LogP contribution in [0, 0.1) is 0 Å². The smallest absolute Gasteiger partial charge is 0.142 e. The molecule has 2 rings (SSSR count). The molecule has 0 spiro atoms. The van der Waals surface area contributed by atoms with Gasteiger partial charge >= 0.3 is 0 Å². The average Bonchev–Trinajstić information content (AvgIpc) is 2.58. The molecule has 0 radical (unpaired) electrons. The third kappa shape index (κ3) is 1.72. The zero-order valence-electron chi connectivity index (χ0n) is 7.01. The summed E-state index contributed by atoms with van der Waals surface area (Å²) in [7, 11) is 0. The average molecular weight is 158 g/mol. The molecule has 3 heteroatoms. The van der Waals surface area contributed by atoms with Gasteiger partial charge < -0.3 is 15.0 Å². The van der Waals surface area contributed by atoms with Crippen molar-refractivity contribution in [3.8, 4) is 0 Å². The van der Waals surface area contributed by atoms with E-state index in [0.717, 1.165) is 19.3 Å². The maximum atomic E-state index is 5.33. The summed E-state index contributed by atoms with van der Waals surface area (Å²) >= 11 is 0. The molecule has 2 fully saturated rings. The summed E-state index contributed by atoms with van der Waals surface area (Å²) in [5.74, 6) is 0. The van der Waals surface area contributed by atoms with Gasteiger partial charge in [-0.25, -0.2) is 0 Å². The number of morpholine rings is 1. The Morgan fingerprint density at radius 2 is 2.09 bits per heavy atom. The van der Waals surface area contributed by atoms with Crippen LogP contribution < -0.4 is 10.2 Å². The molecule has 0 aromatic rings. The lowest BCUT2D eigenvalue weighted by Crippen LogP contribution is -3.18. The highest BCUT2D eigenvalue weighted by Crippen LogP contribution is 1.87. The van der Waals surface area contributed by atoms with Crippen LogP contribution in [0.15, 0.2) is 0 Å². The first-order valence-corrected chi connectivity index (χ1v) is 4.71. The van der Waals surface area contributed by atoms with Gasteiger partial charge in [-0.15, -0.1) is 0 Å². The van der Waals surface area contributed by atoms with Crippen LogP contribution >= 0.6 is 0 Å². The highest BCUT2D eigenvalue weighted by molar-refractivity contribution is 4.58. The lowest BCUT2D eigenvalue weighted by atomic mass is 10.2. The molecule has 0 unspecified atom stereocenters. The molecule has 0 amide bonds. The van der Waals surface area contributed by atoms with E-state index in [1.807, 2.05) is 0 Å². The van der Waals surface area contributed by atoms with Crippen LogP contribution in [-0.4, -0.2) is 45.4 Å². The van der Waals surface area contributed by atoms with Crippen LogP contribution in [0.2, 0.25) is 0 Å². The summed E-state index contributed by atoms with van der Waals surface area (Å²) in [5.41, 5.74) is 0. The fourth-order valence-corrected chi connectivity index (χ4v) is 2.17. The Morgan fingerprint density at radius 1 is 1.27 bits per heavy atom. The van der Waals surface area contributed by atoms with Crippen molar-refractivity contribution in [3.05, 3.63) is 0 Å². The molecule has 3 nitrogen and oxygen atoms in total. The molecule has 0 aliphatic carbocycles. The third-order valence-electron chi connectivity index (χ3n) is 2.88. The minimum Gasteiger partial charge on any atom is -0.370 e. The van der Waals surface area contributed by atoms with Gasteiger partial charge in [-0.3, -0.25) is 0 Å². The van der Waals surface area contributed by atoms with E-state index in [0.29, 0.717) is 0 Å². The van der Waals surface area contributed by atoms with Crippen molar-refractivity contribution in [1.29, 1.82) is 0 Å². The van der Waals surface area contributed by atoms with Gasteiger partial charge in [0.1, 0.15) is 25.7 Å². The Balaban J connectivity index is 1.82. The van der Waals surface area contributed by atoms with E-state index in [9.17, 15) is 0 Å². The maximum Gasteiger partial charge on any atom is 0.142 e. The summed E-state index contributed by atoms with van der Waals surface area (Å²) in [4.78, 5) is 1.78. The number of rotatable bonds is 1. The Kier molecular flexibility index (Phi) is 2.41. The van der Waals surface area contributed by atoms with E-state index in [1.165, 1.54) is 32.6 Å². The lowest BCUT2D eigenvalue weighted by Gasteiger charge is -2.27. The van der Waals surface area contributed by atoms with E-state index in [-0.39, 0.29) is 0 Å². The van der Waals surface area contributed by atoms with Crippen molar-refractivity contribution in [2.45, 2.75) is 12.5 Å². The SMILES string of the molecule is C1C[C@H]([NH+]2CCOCC2)C[NH2+]1. The van der Waals surface area contributed by atoms with Gasteiger partial charge in [-0.1, -0.05) is 0 Å². The highest BCUT2D eigenvalue weighted by Gasteiger charge is 2.29. The number of nitrogens with two attached hydrogens (primary N) is 1. The molecule has 1 atom stereocenters. The van der Waals surface area contributed by atoms with Gasteiger partial charge in [-0.2, -0.15) is 0 Å². The number of nitrogens with one attached hydrogen (secondary N) is 1. The molecule has 11 heavy (non-hydrogen) atoms. The lowest BCUT2D eigenvalue weighted by molar-refractivity contribution is -0.936. The third-order valence-corrected chi connectivity index (χ3v) is 2.88. The molecule has 0 saturated carbocycles. The van der Waals surface area contributed by atoms with E-state index >= 15 is 0 Å². The quantitative estimate of drug-likeness (QED) is 0.425. The molecule has 0 aromatic carbocycles. The van der Waals surface area contributed by atoms with E-state index in [2.05, 4.69) is 5.32 Å². The first kappa shape index (κ1) is 7.53. The Morgan fingerprint density at radius 3 is 2.73 bits per heavy atom. The van der Waals surface area contributed by atoms with Crippen molar-refractivity contribution in [2.24, 2.45) is 0 Å². The number of ether oxygens (including phenoxy) is 1. The zero-order valence-corrected chi connectivity index (χ0v) is 7.01. The molecule has 0 bridgehead atoms. The van der Waals surface area contributed by atoms with Gasteiger partial charge in [-0.05, 0) is 0 Å². The van der Waals surface area contributed by atoms with Crippen LogP contribution in [0.1, 0.15) is 6.42 Å². The van der Waals surface area contributed by atoms with Crippen molar-refractivity contribution < 1.29 is 15.0 Å². The highest BCUT2D eigenvalue weighted by atomic mass is 16.5. The van der Waals surface area contributed by atoms with Crippen molar-refractivity contribution >= 4 is 0 Å². The van der Waals surface area contributed by atoms with Crippen LogP contribution in [0.3, 0.4) is 0 Å². The largest absolute Gasteiger partial charge is 0.370 e. The van der Waals surface area contributed by atoms with E-state index in [1.54, 1.807) is 4.90 Å². The second-order valence-electron chi connectivity index (χ2n) is 3.57. The fourth-order valence-electron chi connectivity index (χ4n) is 2.17. The van der Waals surface area contributed by atoms with Gasteiger partial charge in [0.05, 0.1) is 26.2 Å². The van der Waals surface area contributed by atoms with Crippen LogP contribution in [0.25, 0.3) is 0 Å². The van der Waals surface area contributed by atoms with Crippen LogP contribution in [0.5, 0.6) is 0 Å². The molecule has 2 aliphatic rings. The summed E-state index contributed by atoms with van der Waals surface area (Å²) < 4.78 is 5.33. The van der Waals surface area contributed by atoms with Gasteiger partial charge in [0.25, 0.3) is 0 Å². The van der Waals surface area contributed by atoms with Gasteiger partial charge in [0, 0.05) is 0 Å². The molecular weight excluding hydrogens is 140 g/mol. The van der Waals surface area contributed by atoms with Crippen LogP contribution in [-0.2, 0) is 4.74 Å². The first-order valence-electron chi connectivity index (χ1n) is 4.71. The number of quaternary nitrogens is 2. The first-order chi connectivity index (χ1) is 5.47. The molecule has 0 aromatic heterocycles. The van der Waals surface area contributed by atoms with Gasteiger partial charge in [0.15, 0.2) is 0 Å². The molecule has 2 saturated heterocycles. The zero-order chi connectivity index (χ0) is 7.52. The van der Waals surface area contributed by atoms with E-state index in [4.69, 9.17) is 4.74 Å². The molecular formula is C8H18N2O+2. The number of hydrogen-bond donors (Lipinski definition) is 2. The predicted octanol–water partition coefficient (Wildman–Crippen LogP) is -2.76. The summed E-state index contributed by atoms with van der Waals surface area (Å²) in [6.07, 6.45) is 1.41. The normalized spacial score (nSPS) is 34.4. The molecule has 64 valence electrons. The Labute approximate surface area is 67.7 Å². The van der Waals surface area contributed by atoms with Crippen molar-refractivity contribution in [2.75, 3.05) is 39.4 Å². The summed E-state index contributed by atoms with van der Waals surface area (Å²) in [6.45, 7) is 7.11. The monoisotopic (exact) mass is 158 g/mol. The molecule has 2 aliphatic heterocycles. The van der Waals surface area contributed by atoms with Gasteiger partial charge in [0.2, 0.25) is 0 Å². The fraction of sp³-hybridized carbons (Fsp3) is 1.00. The minimum absolute atomic E-state index is 0.930. The maximum absolute atomic E-state index is 5.33. The molecule has 3 N–H and O–H groups in total. The minimum atomic E-state index is 0.930. The molecule has 2 heterocycles.